The molecule has 0 spiro atoms. The number of nitrogens with zero attached hydrogens (tertiary/aromatic N) is 1. The van der Waals surface area contributed by atoms with E-state index in [-0.39, 0.29) is 0 Å². The van der Waals surface area contributed by atoms with Gasteiger partial charge in [0.1, 0.15) is 0 Å². The lowest BCUT2D eigenvalue weighted by molar-refractivity contribution is 0.821. The minimum Gasteiger partial charge on any atom is -0.346 e. The third kappa shape index (κ3) is 1.68. The number of nitrogens with two attached hydrogens (primary N) is 1. The predicted molar refractivity (Wildman–Crippen MR) is 72.9 cm³/mol. The molecule has 0 atom stereocenters. The predicted octanol–water partition coefficient (Wildman–Crippen LogP) is 3.06. The molecule has 2 N–H and O–H groups in total. The summed E-state index contributed by atoms with van der Waals surface area (Å²) in [6.45, 7) is 4.98. The Morgan fingerprint density at radius 3 is 2.62 bits per heavy atom. The van der Waals surface area contributed by atoms with Gasteiger partial charge in [0.05, 0.1) is 5.52 Å². The third-order valence-electron chi connectivity index (χ3n) is 3.06. The molecule has 0 radical (unpaired) electrons. The molecule has 3 heteroatoms. The molecule has 0 aliphatic rings. The summed E-state index contributed by atoms with van der Waals surface area (Å²) in [4.78, 5) is 0. The van der Waals surface area contributed by atoms with E-state index in [1.54, 1.807) is 0 Å². The average molecular weight is 281 g/mol. The summed E-state index contributed by atoms with van der Waals surface area (Å²) in [6.07, 6.45) is 0.907. The van der Waals surface area contributed by atoms with Crippen molar-refractivity contribution in [2.75, 3.05) is 6.54 Å². The van der Waals surface area contributed by atoms with Crippen molar-refractivity contribution in [1.82, 2.24) is 4.57 Å². The Labute approximate surface area is 105 Å². The highest BCUT2D eigenvalue weighted by Gasteiger charge is 2.14. The minimum absolute atomic E-state index is 0.681. The summed E-state index contributed by atoms with van der Waals surface area (Å²) in [6, 6.07) is 4.45. The quantitative estimate of drug-likeness (QED) is 0.901. The van der Waals surface area contributed by atoms with Gasteiger partial charge in [-0.25, -0.2) is 0 Å². The monoisotopic (exact) mass is 280 g/mol. The fourth-order valence-corrected chi connectivity index (χ4v) is 3.19. The normalized spacial score (nSPS) is 11.3. The number of halogens is 1. The van der Waals surface area contributed by atoms with E-state index in [2.05, 4.69) is 53.5 Å². The molecule has 1 heterocycles. The maximum absolute atomic E-state index is 5.65. The van der Waals surface area contributed by atoms with Crippen LogP contribution in [-0.4, -0.2) is 11.1 Å². The first-order chi connectivity index (χ1) is 7.56. The average Bonchev–Trinajstić information content (AvgIpc) is 2.43. The Bertz CT molecular complexity index is 541. The Morgan fingerprint density at radius 2 is 2.00 bits per heavy atom. The fourth-order valence-electron chi connectivity index (χ4n) is 2.42. The molecule has 1 aromatic heterocycles. The maximum Gasteiger partial charge on any atom is 0.0521 e. The first kappa shape index (κ1) is 11.7. The lowest BCUT2D eigenvalue weighted by Gasteiger charge is -2.05. The van der Waals surface area contributed by atoms with E-state index in [4.69, 9.17) is 5.73 Å². The highest BCUT2D eigenvalue weighted by molar-refractivity contribution is 9.10. The van der Waals surface area contributed by atoms with Crippen molar-refractivity contribution in [3.63, 3.8) is 0 Å². The van der Waals surface area contributed by atoms with Gasteiger partial charge in [-0.1, -0.05) is 11.6 Å². The molecular weight excluding hydrogens is 264 g/mol. The van der Waals surface area contributed by atoms with Gasteiger partial charge < -0.3 is 10.3 Å². The molecule has 0 fully saturated rings. The van der Waals surface area contributed by atoms with E-state index in [1.807, 2.05) is 0 Å². The van der Waals surface area contributed by atoms with Gasteiger partial charge in [-0.2, -0.15) is 0 Å². The minimum atomic E-state index is 0.681. The SMILES string of the molecule is Cc1cc(C)c2c(c1)c(Br)c(CCN)n2C. The van der Waals surface area contributed by atoms with Crippen molar-refractivity contribution >= 4 is 26.8 Å². The van der Waals surface area contributed by atoms with E-state index in [1.165, 1.54) is 32.2 Å². The summed E-state index contributed by atoms with van der Waals surface area (Å²) in [5.74, 6) is 0. The standard InChI is InChI=1S/C13H17BrN2/c1-8-6-9(2)13-10(7-8)12(14)11(4-5-15)16(13)3/h6-7H,4-5,15H2,1-3H3. The van der Waals surface area contributed by atoms with Crippen LogP contribution in [0.15, 0.2) is 16.6 Å². The molecule has 16 heavy (non-hydrogen) atoms. The van der Waals surface area contributed by atoms with Crippen molar-refractivity contribution in [3.05, 3.63) is 33.4 Å². The van der Waals surface area contributed by atoms with E-state index < -0.39 is 0 Å². The van der Waals surface area contributed by atoms with Crippen molar-refractivity contribution in [3.8, 4) is 0 Å². The summed E-state index contributed by atoms with van der Waals surface area (Å²) in [7, 11) is 2.11. The molecule has 2 aromatic rings. The Kier molecular flexibility index (Phi) is 3.08. The molecule has 0 unspecified atom stereocenters. The highest BCUT2D eigenvalue weighted by Crippen LogP contribution is 2.33. The molecule has 0 amide bonds. The molecule has 0 aliphatic heterocycles. The fraction of sp³-hybridized carbons (Fsp3) is 0.385. The Hall–Kier alpha value is -0.800. The smallest absolute Gasteiger partial charge is 0.0521 e. The van der Waals surface area contributed by atoms with Crippen molar-refractivity contribution in [1.29, 1.82) is 0 Å². The molecule has 0 saturated carbocycles. The van der Waals surface area contributed by atoms with Gasteiger partial charge in [-0.15, -0.1) is 0 Å². The highest BCUT2D eigenvalue weighted by atomic mass is 79.9. The van der Waals surface area contributed by atoms with Crippen LogP contribution in [0.4, 0.5) is 0 Å². The lowest BCUT2D eigenvalue weighted by Crippen LogP contribution is -2.07. The van der Waals surface area contributed by atoms with Crippen LogP contribution in [0.5, 0.6) is 0 Å². The zero-order chi connectivity index (χ0) is 11.9. The summed E-state index contributed by atoms with van der Waals surface area (Å²) in [5, 5.41) is 1.29. The van der Waals surface area contributed by atoms with Crippen molar-refractivity contribution in [2.45, 2.75) is 20.3 Å². The summed E-state index contributed by atoms with van der Waals surface area (Å²) >= 11 is 3.70. The zero-order valence-electron chi connectivity index (χ0n) is 9.97. The molecule has 0 saturated heterocycles. The van der Waals surface area contributed by atoms with E-state index in [9.17, 15) is 0 Å². The number of aromatic nitrogens is 1. The van der Waals surface area contributed by atoms with Crippen LogP contribution in [0.1, 0.15) is 16.8 Å². The second-order valence-corrected chi connectivity index (χ2v) is 5.13. The number of hydrogen-bond donors (Lipinski definition) is 1. The van der Waals surface area contributed by atoms with E-state index >= 15 is 0 Å². The molecule has 86 valence electrons. The zero-order valence-corrected chi connectivity index (χ0v) is 11.6. The van der Waals surface area contributed by atoms with Crippen LogP contribution in [0.3, 0.4) is 0 Å². The van der Waals surface area contributed by atoms with Crippen LogP contribution in [-0.2, 0) is 13.5 Å². The van der Waals surface area contributed by atoms with Crippen LogP contribution in [0.2, 0.25) is 0 Å². The van der Waals surface area contributed by atoms with E-state index in [0.717, 1.165) is 6.42 Å². The number of hydrogen-bond acceptors (Lipinski definition) is 1. The van der Waals surface area contributed by atoms with Gasteiger partial charge in [-0.3, -0.25) is 0 Å². The van der Waals surface area contributed by atoms with Gasteiger partial charge >= 0.3 is 0 Å². The van der Waals surface area contributed by atoms with Gasteiger partial charge in [-0.05, 0) is 48.0 Å². The summed E-state index contributed by atoms with van der Waals surface area (Å²) < 4.78 is 3.45. The van der Waals surface area contributed by atoms with Crippen LogP contribution >= 0.6 is 15.9 Å². The maximum atomic E-state index is 5.65. The summed E-state index contributed by atoms with van der Waals surface area (Å²) in [5.41, 5.74) is 10.9. The topological polar surface area (TPSA) is 30.9 Å². The van der Waals surface area contributed by atoms with Gasteiger partial charge in [0.15, 0.2) is 0 Å². The lowest BCUT2D eigenvalue weighted by atomic mass is 10.1. The number of benzene rings is 1. The number of fused-ring (bicyclic) bond motifs is 1. The van der Waals surface area contributed by atoms with Gasteiger partial charge in [0.25, 0.3) is 0 Å². The van der Waals surface area contributed by atoms with Crippen molar-refractivity contribution < 1.29 is 0 Å². The molecule has 2 nitrogen and oxygen atoms in total. The molecule has 0 bridgehead atoms. The van der Waals surface area contributed by atoms with Gasteiger partial charge in [0.2, 0.25) is 0 Å². The van der Waals surface area contributed by atoms with E-state index in [0.29, 0.717) is 6.54 Å². The van der Waals surface area contributed by atoms with Crippen LogP contribution < -0.4 is 5.73 Å². The largest absolute Gasteiger partial charge is 0.346 e. The second-order valence-electron chi connectivity index (χ2n) is 4.34. The van der Waals surface area contributed by atoms with Crippen LogP contribution in [0, 0.1) is 13.8 Å². The van der Waals surface area contributed by atoms with Crippen molar-refractivity contribution in [2.24, 2.45) is 12.8 Å². The first-order valence-electron chi connectivity index (χ1n) is 5.50. The molecule has 2 rings (SSSR count). The first-order valence-corrected chi connectivity index (χ1v) is 6.29. The number of rotatable bonds is 2. The molecule has 1 aromatic carbocycles. The van der Waals surface area contributed by atoms with Crippen LogP contribution in [0.25, 0.3) is 10.9 Å². The molecule has 0 aliphatic carbocycles. The van der Waals surface area contributed by atoms with Gasteiger partial charge in [0, 0.05) is 29.0 Å². The number of aryl methyl sites for hydroxylation is 3. The second kappa shape index (κ2) is 4.22. The Morgan fingerprint density at radius 1 is 1.31 bits per heavy atom. The molecular formula is C13H17BrN2. The third-order valence-corrected chi connectivity index (χ3v) is 3.94. The Balaban J connectivity index is 2.82.